The molecule has 0 bridgehead atoms. The van der Waals surface area contributed by atoms with Gasteiger partial charge in [0.25, 0.3) is 0 Å². The molecule has 3 unspecified atom stereocenters. The minimum atomic E-state index is -0.625. The average Bonchev–Trinajstić information content (AvgIpc) is 2.96. The van der Waals surface area contributed by atoms with E-state index in [9.17, 15) is 4.79 Å². The van der Waals surface area contributed by atoms with Crippen molar-refractivity contribution in [3.63, 3.8) is 0 Å². The van der Waals surface area contributed by atoms with Crippen LogP contribution in [0.4, 0.5) is 0 Å². The number of ether oxygens (including phenoxy) is 1. The van der Waals surface area contributed by atoms with Crippen LogP contribution >= 0.6 is 0 Å². The number of amides is 1. The van der Waals surface area contributed by atoms with Crippen LogP contribution < -0.4 is 11.1 Å². The zero-order valence-electron chi connectivity index (χ0n) is 12.1. The zero-order chi connectivity index (χ0) is 14.3. The molecule has 2 heterocycles. The first-order chi connectivity index (χ1) is 9.52. The SMILES string of the molecule is Cn1ncc2c1CCCC2NC(=O)C1(C)COCC1N. The predicted molar refractivity (Wildman–Crippen MR) is 73.9 cm³/mol. The molecule has 1 aliphatic heterocycles. The lowest BCUT2D eigenvalue weighted by Crippen LogP contribution is -2.50. The van der Waals surface area contributed by atoms with E-state index in [4.69, 9.17) is 10.5 Å². The van der Waals surface area contributed by atoms with Crippen LogP contribution in [0.2, 0.25) is 0 Å². The highest BCUT2D eigenvalue weighted by Crippen LogP contribution is 2.32. The zero-order valence-corrected chi connectivity index (χ0v) is 12.1. The maximum atomic E-state index is 12.6. The Bertz CT molecular complexity index is 527. The van der Waals surface area contributed by atoms with Gasteiger partial charge in [0.05, 0.1) is 30.9 Å². The number of nitrogens with two attached hydrogens (primary N) is 1. The van der Waals surface area contributed by atoms with Crippen LogP contribution in [0, 0.1) is 5.41 Å². The average molecular weight is 278 g/mol. The Balaban J connectivity index is 1.77. The van der Waals surface area contributed by atoms with Gasteiger partial charge in [-0.1, -0.05) is 0 Å². The van der Waals surface area contributed by atoms with Crippen LogP contribution in [0.3, 0.4) is 0 Å². The standard InChI is InChI=1S/C14H22N4O2/c1-14(8-20-7-12(14)15)13(19)17-10-4-3-5-11-9(10)6-16-18(11)2/h6,10,12H,3-5,7-8,15H2,1-2H3,(H,17,19). The molecule has 3 atom stereocenters. The molecule has 2 aliphatic rings. The van der Waals surface area contributed by atoms with E-state index >= 15 is 0 Å². The molecule has 20 heavy (non-hydrogen) atoms. The number of nitrogens with one attached hydrogen (secondary N) is 1. The molecule has 3 rings (SSSR count). The molecule has 1 aromatic heterocycles. The topological polar surface area (TPSA) is 82.2 Å². The molecule has 1 aliphatic carbocycles. The highest BCUT2D eigenvalue weighted by Gasteiger charge is 2.45. The Hall–Kier alpha value is -1.40. The summed E-state index contributed by atoms with van der Waals surface area (Å²) in [6, 6.07) is -0.191. The number of fused-ring (bicyclic) bond motifs is 1. The van der Waals surface area contributed by atoms with Gasteiger partial charge in [-0.05, 0) is 26.2 Å². The molecule has 1 saturated heterocycles. The number of nitrogens with zero attached hydrogens (tertiary/aromatic N) is 2. The van der Waals surface area contributed by atoms with E-state index in [2.05, 4.69) is 10.4 Å². The molecule has 1 amide bonds. The lowest BCUT2D eigenvalue weighted by Gasteiger charge is -2.30. The van der Waals surface area contributed by atoms with E-state index in [1.807, 2.05) is 24.9 Å². The van der Waals surface area contributed by atoms with Crippen molar-refractivity contribution in [1.29, 1.82) is 0 Å². The maximum absolute atomic E-state index is 12.6. The summed E-state index contributed by atoms with van der Waals surface area (Å²) in [5, 5.41) is 7.45. The summed E-state index contributed by atoms with van der Waals surface area (Å²) < 4.78 is 7.26. The minimum Gasteiger partial charge on any atom is -0.379 e. The fraction of sp³-hybridized carbons (Fsp3) is 0.714. The van der Waals surface area contributed by atoms with Gasteiger partial charge in [0.15, 0.2) is 0 Å². The second-order valence-electron chi connectivity index (χ2n) is 6.13. The molecule has 0 saturated carbocycles. The summed E-state index contributed by atoms with van der Waals surface area (Å²) in [6.45, 7) is 2.73. The monoisotopic (exact) mass is 278 g/mol. The second-order valence-corrected chi connectivity index (χ2v) is 6.13. The van der Waals surface area contributed by atoms with E-state index in [0.717, 1.165) is 24.8 Å². The first-order valence-electron chi connectivity index (χ1n) is 7.17. The van der Waals surface area contributed by atoms with Crippen molar-refractivity contribution in [3.05, 3.63) is 17.5 Å². The molecular formula is C14H22N4O2. The molecule has 3 N–H and O–H groups in total. The van der Waals surface area contributed by atoms with Crippen molar-refractivity contribution in [3.8, 4) is 0 Å². The number of hydrogen-bond donors (Lipinski definition) is 2. The van der Waals surface area contributed by atoms with Crippen molar-refractivity contribution in [2.75, 3.05) is 13.2 Å². The molecule has 0 aromatic carbocycles. The smallest absolute Gasteiger partial charge is 0.230 e. The molecule has 1 aromatic rings. The van der Waals surface area contributed by atoms with E-state index in [-0.39, 0.29) is 18.0 Å². The van der Waals surface area contributed by atoms with Crippen molar-refractivity contribution in [2.24, 2.45) is 18.2 Å². The quantitative estimate of drug-likeness (QED) is 0.814. The van der Waals surface area contributed by atoms with Gasteiger partial charge in [-0.3, -0.25) is 9.48 Å². The highest BCUT2D eigenvalue weighted by atomic mass is 16.5. The van der Waals surface area contributed by atoms with Crippen LogP contribution in [-0.2, 0) is 23.0 Å². The highest BCUT2D eigenvalue weighted by molar-refractivity contribution is 5.84. The number of aryl methyl sites for hydroxylation is 1. The Morgan fingerprint density at radius 1 is 1.65 bits per heavy atom. The number of aromatic nitrogens is 2. The molecule has 0 radical (unpaired) electrons. The summed E-state index contributed by atoms with van der Waals surface area (Å²) >= 11 is 0. The fourth-order valence-electron chi connectivity index (χ4n) is 3.10. The van der Waals surface area contributed by atoms with Gasteiger partial charge in [0, 0.05) is 24.3 Å². The molecule has 0 spiro atoms. The third kappa shape index (κ3) is 2.03. The van der Waals surface area contributed by atoms with Crippen LogP contribution in [0.25, 0.3) is 0 Å². The minimum absolute atomic E-state index is 0.01000. The van der Waals surface area contributed by atoms with Gasteiger partial charge < -0.3 is 15.8 Å². The largest absolute Gasteiger partial charge is 0.379 e. The van der Waals surface area contributed by atoms with Crippen LogP contribution in [0.15, 0.2) is 6.20 Å². The van der Waals surface area contributed by atoms with Crippen molar-refractivity contribution >= 4 is 5.91 Å². The van der Waals surface area contributed by atoms with Gasteiger partial charge in [-0.2, -0.15) is 5.10 Å². The van der Waals surface area contributed by atoms with Gasteiger partial charge in [-0.15, -0.1) is 0 Å². The predicted octanol–water partition coefficient (Wildman–Crippen LogP) is 0.278. The molecule has 6 heteroatoms. The third-order valence-electron chi connectivity index (χ3n) is 4.72. The Labute approximate surface area is 118 Å². The van der Waals surface area contributed by atoms with Gasteiger partial charge in [0.2, 0.25) is 5.91 Å². The third-order valence-corrected chi connectivity index (χ3v) is 4.72. The van der Waals surface area contributed by atoms with E-state index in [0.29, 0.717) is 13.2 Å². The summed E-state index contributed by atoms with van der Waals surface area (Å²) in [6.07, 6.45) is 4.91. The molecule has 1 fully saturated rings. The lowest BCUT2D eigenvalue weighted by molar-refractivity contribution is -0.131. The number of rotatable bonds is 2. The Morgan fingerprint density at radius 2 is 2.45 bits per heavy atom. The van der Waals surface area contributed by atoms with E-state index in [1.165, 1.54) is 5.69 Å². The first kappa shape index (κ1) is 13.6. The van der Waals surface area contributed by atoms with Crippen LogP contribution in [0.5, 0.6) is 0 Å². The first-order valence-corrected chi connectivity index (χ1v) is 7.17. The normalized spacial score (nSPS) is 33.0. The van der Waals surface area contributed by atoms with Crippen molar-refractivity contribution in [1.82, 2.24) is 15.1 Å². The van der Waals surface area contributed by atoms with Gasteiger partial charge >= 0.3 is 0 Å². The van der Waals surface area contributed by atoms with Crippen LogP contribution in [-0.4, -0.2) is 34.9 Å². The van der Waals surface area contributed by atoms with Gasteiger partial charge in [-0.25, -0.2) is 0 Å². The van der Waals surface area contributed by atoms with Gasteiger partial charge in [0.1, 0.15) is 0 Å². The van der Waals surface area contributed by atoms with E-state index in [1.54, 1.807) is 0 Å². The number of hydrogen-bond acceptors (Lipinski definition) is 4. The maximum Gasteiger partial charge on any atom is 0.230 e. The second kappa shape index (κ2) is 4.86. The lowest BCUT2D eigenvalue weighted by atomic mass is 9.83. The number of carbonyl (C=O) groups excluding carboxylic acids is 1. The summed E-state index contributed by atoms with van der Waals surface area (Å²) in [5.41, 5.74) is 7.75. The molecule has 6 nitrogen and oxygen atoms in total. The summed E-state index contributed by atoms with van der Waals surface area (Å²) in [7, 11) is 1.95. The van der Waals surface area contributed by atoms with E-state index < -0.39 is 5.41 Å². The molecular weight excluding hydrogens is 256 g/mol. The summed E-state index contributed by atoms with van der Waals surface area (Å²) in [4.78, 5) is 12.6. The van der Waals surface area contributed by atoms with Crippen LogP contribution in [0.1, 0.15) is 37.1 Å². The van der Waals surface area contributed by atoms with Crippen molar-refractivity contribution < 1.29 is 9.53 Å². The molecule has 110 valence electrons. The Morgan fingerprint density at radius 3 is 3.15 bits per heavy atom. The fourth-order valence-corrected chi connectivity index (χ4v) is 3.10. The number of carbonyl (C=O) groups is 1. The summed E-state index contributed by atoms with van der Waals surface area (Å²) in [5.74, 6) is -0.01000. The Kier molecular flexibility index (Phi) is 3.30. The van der Waals surface area contributed by atoms with Crippen molar-refractivity contribution in [2.45, 2.75) is 38.3 Å².